The van der Waals surface area contributed by atoms with Crippen molar-refractivity contribution < 1.29 is 0 Å². The Bertz CT molecular complexity index is 377. The van der Waals surface area contributed by atoms with E-state index in [0.29, 0.717) is 5.92 Å². The number of pyridine rings is 1. The summed E-state index contributed by atoms with van der Waals surface area (Å²) in [5.74, 6) is 0.484. The van der Waals surface area contributed by atoms with Gasteiger partial charge in [0.25, 0.3) is 5.56 Å². The molecule has 1 fully saturated rings. The van der Waals surface area contributed by atoms with Crippen molar-refractivity contribution in [3.8, 4) is 0 Å². The third kappa shape index (κ3) is 2.29. The largest absolute Gasteiger partial charge is 0.326 e. The Morgan fingerprint density at radius 2 is 2.33 bits per heavy atom. The van der Waals surface area contributed by atoms with Crippen LogP contribution in [-0.2, 0) is 6.42 Å². The van der Waals surface area contributed by atoms with E-state index in [4.69, 9.17) is 0 Å². The predicted molar refractivity (Wildman–Crippen MR) is 61.3 cm³/mol. The normalized spacial score (nSPS) is 21.5. The van der Waals surface area contributed by atoms with E-state index in [0.717, 1.165) is 30.8 Å². The monoisotopic (exact) mass is 206 g/mol. The summed E-state index contributed by atoms with van der Waals surface area (Å²) in [6.45, 7) is 4.10. The molecule has 0 saturated carbocycles. The molecule has 3 nitrogen and oxygen atoms in total. The molecule has 0 amide bonds. The predicted octanol–water partition coefficient (Wildman–Crippen LogP) is 1.40. The number of aromatic amines is 1. The molecule has 1 atom stereocenters. The van der Waals surface area contributed by atoms with E-state index >= 15 is 0 Å². The van der Waals surface area contributed by atoms with Crippen molar-refractivity contribution in [1.29, 1.82) is 0 Å². The van der Waals surface area contributed by atoms with Gasteiger partial charge in [-0.1, -0.05) is 13.0 Å². The number of hydrogen-bond acceptors (Lipinski definition) is 2. The highest BCUT2D eigenvalue weighted by Gasteiger charge is 2.15. The second-order valence-corrected chi connectivity index (χ2v) is 4.16. The molecule has 1 aromatic heterocycles. The molecule has 1 aliphatic rings. The molecule has 0 aliphatic carbocycles. The van der Waals surface area contributed by atoms with Crippen LogP contribution in [0.2, 0.25) is 0 Å². The van der Waals surface area contributed by atoms with Crippen LogP contribution in [0.15, 0.2) is 16.9 Å². The second kappa shape index (κ2) is 4.62. The zero-order valence-electron chi connectivity index (χ0n) is 9.18. The number of nitrogens with one attached hydrogen (secondary N) is 2. The zero-order valence-corrected chi connectivity index (χ0v) is 9.18. The average molecular weight is 206 g/mol. The zero-order chi connectivity index (χ0) is 10.7. The Labute approximate surface area is 89.9 Å². The molecule has 2 rings (SSSR count). The van der Waals surface area contributed by atoms with Gasteiger partial charge in [0.15, 0.2) is 0 Å². The molecular formula is C12H18N2O. The van der Waals surface area contributed by atoms with Crippen LogP contribution in [-0.4, -0.2) is 18.1 Å². The molecule has 1 saturated heterocycles. The van der Waals surface area contributed by atoms with Crippen LogP contribution in [0.4, 0.5) is 0 Å². The third-order valence-corrected chi connectivity index (χ3v) is 3.13. The lowest BCUT2D eigenvalue weighted by atomic mass is 9.95. The molecule has 0 aromatic carbocycles. The molecule has 1 aromatic rings. The van der Waals surface area contributed by atoms with Gasteiger partial charge in [0.1, 0.15) is 0 Å². The highest BCUT2D eigenvalue weighted by Crippen LogP contribution is 2.20. The molecule has 82 valence electrons. The van der Waals surface area contributed by atoms with Crippen molar-refractivity contribution in [2.45, 2.75) is 32.1 Å². The van der Waals surface area contributed by atoms with Gasteiger partial charge in [-0.2, -0.15) is 0 Å². The van der Waals surface area contributed by atoms with Crippen LogP contribution >= 0.6 is 0 Å². The average Bonchev–Trinajstić information content (AvgIpc) is 2.30. The van der Waals surface area contributed by atoms with Gasteiger partial charge in [0.2, 0.25) is 0 Å². The number of rotatable bonds is 2. The van der Waals surface area contributed by atoms with Gasteiger partial charge in [-0.05, 0) is 31.9 Å². The first-order chi connectivity index (χ1) is 7.31. The minimum atomic E-state index is 0.0839. The topological polar surface area (TPSA) is 44.9 Å². The van der Waals surface area contributed by atoms with Gasteiger partial charge in [-0.25, -0.2) is 0 Å². The summed E-state index contributed by atoms with van der Waals surface area (Å²) in [6.07, 6.45) is 3.18. The fourth-order valence-electron chi connectivity index (χ4n) is 2.15. The molecule has 15 heavy (non-hydrogen) atoms. The van der Waals surface area contributed by atoms with Crippen LogP contribution in [0.3, 0.4) is 0 Å². The lowest BCUT2D eigenvalue weighted by molar-refractivity contribution is 0.454. The van der Waals surface area contributed by atoms with Crippen molar-refractivity contribution in [3.05, 3.63) is 33.7 Å². The molecule has 2 heterocycles. The summed E-state index contributed by atoms with van der Waals surface area (Å²) in [5.41, 5.74) is 2.05. The van der Waals surface area contributed by atoms with Crippen LogP contribution in [0.1, 0.15) is 36.9 Å². The standard InChI is InChI=1S/C12H18N2O/c1-2-9-5-6-11(14-12(9)15)10-4-3-7-13-8-10/h5-6,10,13H,2-4,7-8H2,1H3,(H,14,15). The fraction of sp³-hybridized carbons (Fsp3) is 0.583. The van der Waals surface area contributed by atoms with E-state index in [2.05, 4.69) is 16.4 Å². The van der Waals surface area contributed by atoms with Crippen LogP contribution in [0.25, 0.3) is 0 Å². The van der Waals surface area contributed by atoms with Gasteiger partial charge in [-0.15, -0.1) is 0 Å². The first-order valence-corrected chi connectivity index (χ1v) is 5.74. The maximum atomic E-state index is 11.6. The molecule has 0 spiro atoms. The van der Waals surface area contributed by atoms with Gasteiger partial charge >= 0.3 is 0 Å². The van der Waals surface area contributed by atoms with E-state index in [9.17, 15) is 4.79 Å². The molecule has 3 heteroatoms. The van der Waals surface area contributed by atoms with Crippen molar-refractivity contribution in [2.24, 2.45) is 0 Å². The smallest absolute Gasteiger partial charge is 0.251 e. The van der Waals surface area contributed by atoms with Crippen molar-refractivity contribution in [2.75, 3.05) is 13.1 Å². The van der Waals surface area contributed by atoms with E-state index in [1.807, 2.05) is 13.0 Å². The van der Waals surface area contributed by atoms with Gasteiger partial charge in [0, 0.05) is 23.7 Å². The first kappa shape index (κ1) is 10.4. The van der Waals surface area contributed by atoms with E-state index in [-0.39, 0.29) is 5.56 Å². The summed E-state index contributed by atoms with van der Waals surface area (Å²) < 4.78 is 0. The fourth-order valence-corrected chi connectivity index (χ4v) is 2.15. The van der Waals surface area contributed by atoms with Gasteiger partial charge in [0.05, 0.1) is 0 Å². The highest BCUT2D eigenvalue weighted by molar-refractivity contribution is 5.17. The van der Waals surface area contributed by atoms with Crippen LogP contribution in [0, 0.1) is 0 Å². The quantitative estimate of drug-likeness (QED) is 0.768. The minimum Gasteiger partial charge on any atom is -0.326 e. The SMILES string of the molecule is CCc1ccc(C2CCCNC2)[nH]c1=O. The second-order valence-electron chi connectivity index (χ2n) is 4.16. The molecule has 2 N–H and O–H groups in total. The summed E-state index contributed by atoms with van der Waals surface area (Å²) in [7, 11) is 0. The maximum Gasteiger partial charge on any atom is 0.251 e. The molecule has 1 unspecified atom stereocenters. The van der Waals surface area contributed by atoms with Gasteiger partial charge < -0.3 is 10.3 Å². The van der Waals surface area contributed by atoms with Crippen molar-refractivity contribution >= 4 is 0 Å². The van der Waals surface area contributed by atoms with Crippen LogP contribution in [0.5, 0.6) is 0 Å². The number of aryl methyl sites for hydroxylation is 1. The third-order valence-electron chi connectivity index (χ3n) is 3.13. The maximum absolute atomic E-state index is 11.6. The van der Waals surface area contributed by atoms with E-state index < -0.39 is 0 Å². The molecule has 0 bridgehead atoms. The number of H-pyrrole nitrogens is 1. The Hall–Kier alpha value is -1.09. The summed E-state index contributed by atoms with van der Waals surface area (Å²) in [5, 5.41) is 3.36. The van der Waals surface area contributed by atoms with Crippen molar-refractivity contribution in [1.82, 2.24) is 10.3 Å². The lowest BCUT2D eigenvalue weighted by Gasteiger charge is -2.22. The number of hydrogen-bond donors (Lipinski definition) is 2. The lowest BCUT2D eigenvalue weighted by Crippen LogP contribution is -2.30. The Morgan fingerprint density at radius 3 is 2.93 bits per heavy atom. The summed E-state index contributed by atoms with van der Waals surface area (Å²) in [6, 6.07) is 4.03. The summed E-state index contributed by atoms with van der Waals surface area (Å²) in [4.78, 5) is 14.6. The van der Waals surface area contributed by atoms with E-state index in [1.54, 1.807) is 0 Å². The Balaban J connectivity index is 2.21. The summed E-state index contributed by atoms with van der Waals surface area (Å²) >= 11 is 0. The van der Waals surface area contributed by atoms with Gasteiger partial charge in [-0.3, -0.25) is 4.79 Å². The number of piperidine rings is 1. The first-order valence-electron chi connectivity index (χ1n) is 5.74. The van der Waals surface area contributed by atoms with Crippen LogP contribution < -0.4 is 10.9 Å². The Kier molecular flexibility index (Phi) is 3.21. The highest BCUT2D eigenvalue weighted by atomic mass is 16.1. The Morgan fingerprint density at radius 1 is 1.47 bits per heavy atom. The molecule has 0 radical (unpaired) electrons. The molecule has 1 aliphatic heterocycles. The van der Waals surface area contributed by atoms with Crippen molar-refractivity contribution in [3.63, 3.8) is 0 Å². The minimum absolute atomic E-state index is 0.0839. The number of aromatic nitrogens is 1. The van der Waals surface area contributed by atoms with E-state index in [1.165, 1.54) is 12.8 Å². The molecular weight excluding hydrogens is 188 g/mol.